The number of amides is 1. The average molecular weight is 401 g/mol. The number of esters is 1. The normalized spacial score (nSPS) is 9.76. The minimum absolute atomic E-state index is 0.248. The van der Waals surface area contributed by atoms with Gasteiger partial charge >= 0.3 is 5.97 Å². The molecule has 0 aliphatic heterocycles. The van der Waals surface area contributed by atoms with E-state index in [1.165, 1.54) is 24.3 Å². The van der Waals surface area contributed by atoms with Crippen LogP contribution in [0.2, 0.25) is 0 Å². The molecule has 0 aliphatic rings. The summed E-state index contributed by atoms with van der Waals surface area (Å²) in [4.78, 5) is 35.2. The summed E-state index contributed by atoms with van der Waals surface area (Å²) in [5.41, 5.74) is 1.16. The number of ether oxygens (including phenoxy) is 1. The van der Waals surface area contributed by atoms with Gasteiger partial charge < -0.3 is 10.1 Å². The zero-order valence-electron chi connectivity index (χ0n) is 13.0. The number of nitrogens with zero attached hydrogens (tertiary/aromatic N) is 1. The van der Waals surface area contributed by atoms with Crippen LogP contribution in [-0.4, -0.2) is 24.3 Å². The van der Waals surface area contributed by atoms with Crippen molar-refractivity contribution in [1.29, 1.82) is 5.26 Å². The lowest BCUT2D eigenvalue weighted by molar-refractivity contribution is -0.115. The van der Waals surface area contributed by atoms with Crippen LogP contribution in [0.15, 0.2) is 53.0 Å². The zero-order chi connectivity index (χ0) is 18.2. The monoisotopic (exact) mass is 400 g/mol. The summed E-state index contributed by atoms with van der Waals surface area (Å²) in [6.45, 7) is -0.360. The number of rotatable bonds is 6. The van der Waals surface area contributed by atoms with Gasteiger partial charge in [0.1, 0.15) is 6.42 Å². The number of benzene rings is 2. The molecule has 0 radical (unpaired) electrons. The van der Waals surface area contributed by atoms with Gasteiger partial charge in [-0.05, 0) is 36.4 Å². The van der Waals surface area contributed by atoms with Crippen LogP contribution >= 0.6 is 15.9 Å². The van der Waals surface area contributed by atoms with Crippen LogP contribution in [-0.2, 0) is 9.53 Å². The first kappa shape index (κ1) is 18.4. The second kappa shape index (κ2) is 8.76. The van der Waals surface area contributed by atoms with Crippen LogP contribution in [0.3, 0.4) is 0 Å². The molecule has 0 fully saturated rings. The van der Waals surface area contributed by atoms with Crippen LogP contribution in [0.1, 0.15) is 27.1 Å². The molecule has 2 aromatic rings. The van der Waals surface area contributed by atoms with Gasteiger partial charge in [-0.15, -0.1) is 0 Å². The highest BCUT2D eigenvalue weighted by atomic mass is 79.9. The maximum atomic E-state index is 12.0. The quantitative estimate of drug-likeness (QED) is 0.592. The van der Waals surface area contributed by atoms with E-state index in [2.05, 4.69) is 21.2 Å². The molecule has 0 spiro atoms. The topological polar surface area (TPSA) is 96.3 Å². The SMILES string of the molecule is N#CCC(=O)Nc1ccc(C(=O)OCC(=O)c2ccc(Br)cc2)cc1. The number of carbonyl (C=O) groups excluding carboxylic acids is 3. The third kappa shape index (κ3) is 5.55. The molecule has 2 rings (SSSR count). The van der Waals surface area contributed by atoms with Gasteiger partial charge in [0.15, 0.2) is 12.4 Å². The molecule has 126 valence electrons. The molecule has 0 aromatic heterocycles. The Labute approximate surface area is 152 Å². The summed E-state index contributed by atoms with van der Waals surface area (Å²) < 4.78 is 5.85. The van der Waals surface area contributed by atoms with E-state index in [1.54, 1.807) is 30.3 Å². The van der Waals surface area contributed by atoms with E-state index in [-0.39, 0.29) is 24.4 Å². The van der Waals surface area contributed by atoms with E-state index in [0.717, 1.165) is 4.47 Å². The fraction of sp³-hybridized carbons (Fsp3) is 0.111. The van der Waals surface area contributed by atoms with Crippen LogP contribution in [0.4, 0.5) is 5.69 Å². The number of Topliss-reactive ketones (excluding diaryl/α,β-unsaturated/α-hetero) is 1. The first-order chi connectivity index (χ1) is 12.0. The highest BCUT2D eigenvalue weighted by Crippen LogP contribution is 2.13. The van der Waals surface area contributed by atoms with Crippen LogP contribution in [0, 0.1) is 11.3 Å². The van der Waals surface area contributed by atoms with E-state index in [1.807, 2.05) is 0 Å². The minimum atomic E-state index is -0.639. The van der Waals surface area contributed by atoms with Crippen molar-refractivity contribution < 1.29 is 19.1 Å². The Hall–Kier alpha value is -2.98. The molecule has 1 amide bonds. The minimum Gasteiger partial charge on any atom is -0.454 e. The van der Waals surface area contributed by atoms with Gasteiger partial charge in [0.05, 0.1) is 11.6 Å². The number of ketones is 1. The second-order valence-corrected chi connectivity index (χ2v) is 5.88. The second-order valence-electron chi connectivity index (χ2n) is 4.97. The van der Waals surface area contributed by atoms with Crippen LogP contribution in [0.25, 0.3) is 0 Å². The Morgan fingerprint density at radius 1 is 1.00 bits per heavy atom. The lowest BCUT2D eigenvalue weighted by atomic mass is 10.1. The Morgan fingerprint density at radius 2 is 1.60 bits per heavy atom. The summed E-state index contributed by atoms with van der Waals surface area (Å²) in [5.74, 6) is -1.38. The first-order valence-corrected chi connectivity index (χ1v) is 8.01. The number of hydrogen-bond acceptors (Lipinski definition) is 5. The highest BCUT2D eigenvalue weighted by molar-refractivity contribution is 9.10. The molecule has 0 aliphatic carbocycles. The van der Waals surface area contributed by atoms with Crippen molar-refractivity contribution >= 4 is 39.3 Å². The van der Waals surface area contributed by atoms with Crippen LogP contribution in [0.5, 0.6) is 0 Å². The van der Waals surface area contributed by atoms with Gasteiger partial charge in [0.2, 0.25) is 5.91 Å². The maximum Gasteiger partial charge on any atom is 0.338 e. The Bertz CT molecular complexity index is 824. The third-order valence-corrected chi connectivity index (χ3v) is 3.67. The van der Waals surface area contributed by atoms with E-state index >= 15 is 0 Å². The van der Waals surface area contributed by atoms with Gasteiger partial charge in [-0.2, -0.15) is 5.26 Å². The van der Waals surface area contributed by atoms with E-state index < -0.39 is 11.9 Å². The molecule has 0 bridgehead atoms. The van der Waals surface area contributed by atoms with Gasteiger partial charge in [-0.1, -0.05) is 28.1 Å². The fourth-order valence-corrected chi connectivity index (χ4v) is 2.16. The summed E-state index contributed by atoms with van der Waals surface area (Å²) in [6, 6.07) is 14.4. The summed E-state index contributed by atoms with van der Waals surface area (Å²) in [6.07, 6.45) is -0.248. The Morgan fingerprint density at radius 3 is 2.20 bits per heavy atom. The molecule has 25 heavy (non-hydrogen) atoms. The van der Waals surface area contributed by atoms with Crippen LogP contribution < -0.4 is 5.32 Å². The smallest absolute Gasteiger partial charge is 0.338 e. The molecule has 7 heteroatoms. The summed E-state index contributed by atoms with van der Waals surface area (Å²) >= 11 is 3.28. The molecular weight excluding hydrogens is 388 g/mol. The standard InChI is InChI=1S/C18H13BrN2O4/c19-14-5-1-12(2-6-14)16(22)11-25-18(24)13-3-7-15(8-4-13)21-17(23)9-10-20/h1-8H,9,11H2,(H,21,23). The van der Waals surface area contributed by atoms with Crippen molar-refractivity contribution in [3.63, 3.8) is 0 Å². The van der Waals surface area contributed by atoms with Crippen molar-refractivity contribution in [3.8, 4) is 6.07 Å². The van der Waals surface area contributed by atoms with Crippen molar-refractivity contribution in [2.45, 2.75) is 6.42 Å². The Kier molecular flexibility index (Phi) is 6.43. The van der Waals surface area contributed by atoms with Gasteiger partial charge in [-0.25, -0.2) is 4.79 Å². The maximum absolute atomic E-state index is 12.0. The molecule has 0 atom stereocenters. The Balaban J connectivity index is 1.90. The highest BCUT2D eigenvalue weighted by Gasteiger charge is 2.12. The number of nitriles is 1. The number of anilines is 1. The fourth-order valence-electron chi connectivity index (χ4n) is 1.90. The third-order valence-electron chi connectivity index (χ3n) is 3.14. The lowest BCUT2D eigenvalue weighted by Crippen LogP contribution is -2.14. The van der Waals surface area contributed by atoms with E-state index in [9.17, 15) is 14.4 Å². The van der Waals surface area contributed by atoms with Gasteiger partial charge in [-0.3, -0.25) is 9.59 Å². The first-order valence-electron chi connectivity index (χ1n) is 7.22. The van der Waals surface area contributed by atoms with E-state index in [0.29, 0.717) is 11.3 Å². The van der Waals surface area contributed by atoms with E-state index in [4.69, 9.17) is 10.00 Å². The summed E-state index contributed by atoms with van der Waals surface area (Å²) in [7, 11) is 0. The van der Waals surface area contributed by atoms with Crippen molar-refractivity contribution in [2.24, 2.45) is 0 Å². The predicted molar refractivity (Wildman–Crippen MR) is 94.1 cm³/mol. The van der Waals surface area contributed by atoms with Crippen molar-refractivity contribution in [1.82, 2.24) is 0 Å². The molecular formula is C18H13BrN2O4. The molecule has 0 unspecified atom stereocenters. The molecule has 0 saturated carbocycles. The molecule has 0 heterocycles. The zero-order valence-corrected chi connectivity index (χ0v) is 14.6. The average Bonchev–Trinajstić information content (AvgIpc) is 2.61. The largest absolute Gasteiger partial charge is 0.454 e. The van der Waals surface area contributed by atoms with Crippen molar-refractivity contribution in [2.75, 3.05) is 11.9 Å². The summed E-state index contributed by atoms with van der Waals surface area (Å²) in [5, 5.41) is 10.9. The number of hydrogen-bond donors (Lipinski definition) is 1. The number of halogens is 1. The van der Waals surface area contributed by atoms with Gasteiger partial charge in [0.25, 0.3) is 0 Å². The molecule has 1 N–H and O–H groups in total. The predicted octanol–water partition coefficient (Wildman–Crippen LogP) is 3.34. The molecule has 2 aromatic carbocycles. The number of carbonyl (C=O) groups is 3. The molecule has 0 saturated heterocycles. The van der Waals surface area contributed by atoms with Gasteiger partial charge in [0, 0.05) is 15.7 Å². The lowest BCUT2D eigenvalue weighted by Gasteiger charge is -2.06. The van der Waals surface area contributed by atoms with Crippen molar-refractivity contribution in [3.05, 3.63) is 64.1 Å². The number of nitrogens with one attached hydrogen (secondary N) is 1. The molecule has 6 nitrogen and oxygen atoms in total.